The molecule has 0 radical (unpaired) electrons. The van der Waals surface area contributed by atoms with E-state index in [1.165, 1.54) is 4.68 Å². The zero-order valence-electron chi connectivity index (χ0n) is 35.6. The first-order valence-corrected chi connectivity index (χ1v) is 21.2. The Labute approximate surface area is 364 Å². The first-order valence-electron chi connectivity index (χ1n) is 21.2. The molecule has 3 aromatic rings. The van der Waals surface area contributed by atoms with Gasteiger partial charge in [0.2, 0.25) is 29.7 Å². The van der Waals surface area contributed by atoms with E-state index in [-0.39, 0.29) is 37.4 Å². The number of halogens is 1. The van der Waals surface area contributed by atoms with E-state index in [1.54, 1.807) is 22.7 Å². The number of nitrogens with zero attached hydrogens (tertiary/aromatic N) is 13. The quantitative estimate of drug-likeness (QED) is 0.0723. The molecule has 2 atom stereocenters. The molecule has 5 heterocycles. The Balaban J connectivity index is 0.00000819. The number of hydrogen-bond donors (Lipinski definition) is 3. The van der Waals surface area contributed by atoms with Crippen LogP contribution in [0.4, 0.5) is 17.8 Å². The van der Waals surface area contributed by atoms with Gasteiger partial charge in [0.25, 0.3) is 0 Å². The topological polar surface area (TPSA) is 233 Å². The van der Waals surface area contributed by atoms with Gasteiger partial charge in [0.05, 0.1) is 50.5 Å². The van der Waals surface area contributed by atoms with E-state index in [0.29, 0.717) is 135 Å². The van der Waals surface area contributed by atoms with Crippen molar-refractivity contribution in [3.05, 3.63) is 23.8 Å². The molecule has 3 aromatic heterocycles. The molecule has 2 aliphatic heterocycles. The minimum Gasteiger partial charge on any atom is -0.393 e. The number of aryl methyl sites for hydroxylation is 1. The second-order valence-electron chi connectivity index (χ2n) is 14.9. The fourth-order valence-corrected chi connectivity index (χ4v) is 6.85. The molecule has 21 nitrogen and oxygen atoms in total. The number of piperazine rings is 2. The standard InChI is InChI=1S/C39H63N15O6.ClH/c1-4-6-9-32-29-54(48-45-32)34(10-7-8-11-40)36(57)50-15-19-52(20-16-50)39-43-37(41-12-22-59-24-26-60-25-23-58-21-5-2)42-38(44-39)51-17-13-49(14-18-51)35(56)30-53-28-33(46-47-53)27-31(3)55;/h2,28-29,31,34,55H,4,6-27,30,40H2,1,3H3,(H,41,42,43,44);1H/t31?,34-;/m0./s1. The highest BCUT2D eigenvalue weighted by Crippen LogP contribution is 2.23. The van der Waals surface area contributed by atoms with Crippen LogP contribution in [0.25, 0.3) is 0 Å². The van der Waals surface area contributed by atoms with Crippen LogP contribution in [0.1, 0.15) is 63.4 Å². The van der Waals surface area contributed by atoms with Gasteiger partial charge in [0.1, 0.15) is 19.2 Å². The van der Waals surface area contributed by atoms with Crippen molar-refractivity contribution in [2.24, 2.45) is 5.73 Å². The minimum atomic E-state index is -0.543. The highest BCUT2D eigenvalue weighted by molar-refractivity contribution is 5.85. The summed E-state index contributed by atoms with van der Waals surface area (Å²) in [5.74, 6) is 3.78. The summed E-state index contributed by atoms with van der Waals surface area (Å²) in [6.07, 6.45) is 13.8. The Morgan fingerprint density at radius 2 is 1.49 bits per heavy atom. The first kappa shape index (κ1) is 48.9. The number of unbranched alkanes of at least 4 members (excludes halogenated alkanes) is 2. The number of terminal acetylenes is 1. The second-order valence-corrected chi connectivity index (χ2v) is 14.9. The van der Waals surface area contributed by atoms with Gasteiger partial charge in [-0.05, 0) is 45.6 Å². The summed E-state index contributed by atoms with van der Waals surface area (Å²) in [5.41, 5.74) is 7.33. The highest BCUT2D eigenvalue weighted by atomic mass is 35.5. The maximum absolute atomic E-state index is 14.0. The van der Waals surface area contributed by atoms with Crippen LogP contribution in [-0.4, -0.2) is 183 Å². The fraction of sp³-hybridized carbons (Fsp3) is 0.718. The molecular weight excluding hydrogens is 810 g/mol. The third-order valence-electron chi connectivity index (χ3n) is 10.1. The normalized spacial score (nSPS) is 15.3. The van der Waals surface area contributed by atoms with Gasteiger partial charge in [0, 0.05) is 77.7 Å². The lowest BCUT2D eigenvalue weighted by Crippen LogP contribution is -2.51. The van der Waals surface area contributed by atoms with Crippen molar-refractivity contribution in [1.29, 1.82) is 0 Å². The molecule has 2 amide bonds. The summed E-state index contributed by atoms with van der Waals surface area (Å²) >= 11 is 0. The first-order chi connectivity index (χ1) is 29.3. The van der Waals surface area contributed by atoms with Crippen LogP contribution in [0.15, 0.2) is 12.4 Å². The van der Waals surface area contributed by atoms with Gasteiger partial charge in [-0.3, -0.25) is 9.59 Å². The summed E-state index contributed by atoms with van der Waals surface area (Å²) in [6, 6.07) is -0.443. The van der Waals surface area contributed by atoms with Gasteiger partial charge in [-0.1, -0.05) is 29.7 Å². The number of carbonyl (C=O) groups is 2. The van der Waals surface area contributed by atoms with E-state index in [2.05, 4.69) is 48.6 Å². The fourth-order valence-electron chi connectivity index (χ4n) is 6.85. The number of carbonyl (C=O) groups excluding carboxylic acids is 2. The number of ether oxygens (including phenoxy) is 3. The Morgan fingerprint density at radius 1 is 0.852 bits per heavy atom. The van der Waals surface area contributed by atoms with Crippen molar-refractivity contribution in [2.75, 3.05) is 120 Å². The third-order valence-corrected chi connectivity index (χ3v) is 10.1. The molecule has 5 rings (SSSR count). The van der Waals surface area contributed by atoms with Gasteiger partial charge < -0.3 is 50.0 Å². The summed E-state index contributed by atoms with van der Waals surface area (Å²) in [5, 5.41) is 29.8. The average molecular weight is 874 g/mol. The number of nitrogens with two attached hydrogens (primary N) is 1. The van der Waals surface area contributed by atoms with Crippen LogP contribution in [0.5, 0.6) is 0 Å². The molecule has 338 valence electrons. The summed E-state index contributed by atoms with van der Waals surface area (Å²) < 4.78 is 19.7. The average Bonchev–Trinajstić information content (AvgIpc) is 3.92. The lowest BCUT2D eigenvalue weighted by Gasteiger charge is -2.37. The number of aromatic nitrogens is 9. The van der Waals surface area contributed by atoms with Crippen LogP contribution in [0, 0.1) is 12.3 Å². The number of hydrogen-bond acceptors (Lipinski definition) is 17. The van der Waals surface area contributed by atoms with Gasteiger partial charge >= 0.3 is 0 Å². The van der Waals surface area contributed by atoms with Crippen molar-refractivity contribution >= 4 is 42.1 Å². The van der Waals surface area contributed by atoms with Gasteiger partial charge in [-0.25, -0.2) is 9.36 Å². The lowest BCUT2D eigenvalue weighted by molar-refractivity contribution is -0.135. The lowest BCUT2D eigenvalue weighted by atomic mass is 10.1. The Hall–Kier alpha value is -4.72. The van der Waals surface area contributed by atoms with Gasteiger partial charge in [-0.2, -0.15) is 15.0 Å². The smallest absolute Gasteiger partial charge is 0.247 e. The molecule has 2 fully saturated rings. The van der Waals surface area contributed by atoms with Crippen LogP contribution in [-0.2, 0) is 43.2 Å². The van der Waals surface area contributed by atoms with E-state index in [9.17, 15) is 14.7 Å². The number of nitrogens with one attached hydrogen (secondary N) is 1. The Kier molecular flexibility index (Phi) is 21.3. The van der Waals surface area contributed by atoms with Crippen molar-refractivity contribution in [1.82, 2.24) is 54.7 Å². The molecule has 0 spiro atoms. The van der Waals surface area contributed by atoms with E-state index in [1.807, 2.05) is 11.1 Å². The molecule has 0 aliphatic carbocycles. The number of amides is 2. The second kappa shape index (κ2) is 26.6. The molecular formula is C39H64ClN15O6. The van der Waals surface area contributed by atoms with E-state index < -0.39 is 12.1 Å². The maximum atomic E-state index is 14.0. The Morgan fingerprint density at radius 3 is 2.13 bits per heavy atom. The Bertz CT molecular complexity index is 1780. The van der Waals surface area contributed by atoms with E-state index in [4.69, 9.17) is 41.3 Å². The van der Waals surface area contributed by atoms with E-state index >= 15 is 0 Å². The molecule has 1 unspecified atom stereocenters. The maximum Gasteiger partial charge on any atom is 0.247 e. The zero-order chi connectivity index (χ0) is 42.5. The predicted molar refractivity (Wildman–Crippen MR) is 230 cm³/mol. The largest absolute Gasteiger partial charge is 0.393 e. The van der Waals surface area contributed by atoms with E-state index in [0.717, 1.165) is 37.8 Å². The molecule has 0 aromatic carbocycles. The number of rotatable bonds is 26. The number of aliphatic hydroxyl groups is 1. The van der Waals surface area contributed by atoms with Crippen LogP contribution < -0.4 is 20.9 Å². The molecule has 22 heteroatoms. The van der Waals surface area contributed by atoms with Gasteiger partial charge in [-0.15, -0.1) is 29.0 Å². The molecule has 2 aliphatic rings. The summed E-state index contributed by atoms with van der Waals surface area (Å²) in [4.78, 5) is 49.5. The van der Waals surface area contributed by atoms with Crippen molar-refractivity contribution in [3.63, 3.8) is 0 Å². The molecule has 0 saturated carbocycles. The minimum absolute atomic E-state index is 0. The zero-order valence-corrected chi connectivity index (χ0v) is 36.5. The van der Waals surface area contributed by atoms with Crippen LogP contribution >= 0.6 is 12.4 Å². The number of aliphatic hydroxyl groups excluding tert-OH is 1. The van der Waals surface area contributed by atoms with Crippen LogP contribution in [0.3, 0.4) is 0 Å². The number of anilines is 3. The predicted octanol–water partition coefficient (Wildman–Crippen LogP) is 0.205. The molecule has 2 saturated heterocycles. The molecule has 0 bridgehead atoms. The SMILES string of the molecule is C#CCOCCOCCOCCNc1nc(N2CCN(C(=O)Cn3cc(CC(C)O)nn3)CC2)nc(N2CCN(C(=O)[C@H](CCCCN)n3cc(CCCC)nn3)CC2)n1.Cl. The molecule has 61 heavy (non-hydrogen) atoms. The van der Waals surface area contributed by atoms with Crippen molar-refractivity contribution in [2.45, 2.75) is 77.5 Å². The van der Waals surface area contributed by atoms with Crippen molar-refractivity contribution < 1.29 is 28.9 Å². The third kappa shape index (κ3) is 15.9. The van der Waals surface area contributed by atoms with Crippen LogP contribution in [0.2, 0.25) is 0 Å². The molecule has 4 N–H and O–H groups in total. The monoisotopic (exact) mass is 873 g/mol. The van der Waals surface area contributed by atoms with Crippen molar-refractivity contribution in [3.8, 4) is 12.3 Å². The summed E-state index contributed by atoms with van der Waals surface area (Å²) in [6.45, 7) is 11.3. The van der Waals surface area contributed by atoms with Gasteiger partial charge in [0.15, 0.2) is 0 Å². The highest BCUT2D eigenvalue weighted by Gasteiger charge is 2.31. The summed E-state index contributed by atoms with van der Waals surface area (Å²) in [7, 11) is 0.